The molecule has 0 bridgehead atoms. The number of benzene rings is 2. The Morgan fingerprint density at radius 1 is 1.03 bits per heavy atom. The van der Waals surface area contributed by atoms with Crippen LogP contribution in [-0.4, -0.2) is 43.7 Å². The van der Waals surface area contributed by atoms with Crippen LogP contribution in [0.3, 0.4) is 0 Å². The van der Waals surface area contributed by atoms with Crippen molar-refractivity contribution in [3.05, 3.63) is 59.1 Å². The molecule has 0 aliphatic heterocycles. The van der Waals surface area contributed by atoms with Gasteiger partial charge in [-0.1, -0.05) is 51.4 Å². The van der Waals surface area contributed by atoms with Gasteiger partial charge in [0.25, 0.3) is 11.8 Å². The van der Waals surface area contributed by atoms with E-state index in [1.807, 2.05) is 0 Å². The molecule has 174 valence electrons. The van der Waals surface area contributed by atoms with Crippen LogP contribution < -0.4 is 16.2 Å². The lowest BCUT2D eigenvalue weighted by atomic mass is 10.0. The van der Waals surface area contributed by atoms with Crippen molar-refractivity contribution in [2.45, 2.75) is 38.6 Å². The number of anilines is 1. The highest BCUT2D eigenvalue weighted by Gasteiger charge is 2.26. The third-order valence-corrected chi connectivity index (χ3v) is 7.11. The van der Waals surface area contributed by atoms with Gasteiger partial charge in [0.2, 0.25) is 10.0 Å². The Balaban J connectivity index is 2.15. The van der Waals surface area contributed by atoms with E-state index < -0.39 is 27.9 Å². The second kappa shape index (κ2) is 11.3. The van der Waals surface area contributed by atoms with Gasteiger partial charge in [-0.05, 0) is 42.3 Å². The zero-order valence-corrected chi connectivity index (χ0v) is 20.1. The third kappa shape index (κ3) is 6.44. The van der Waals surface area contributed by atoms with Crippen LogP contribution in [-0.2, 0) is 14.8 Å². The van der Waals surface area contributed by atoms with E-state index in [4.69, 9.17) is 11.6 Å². The highest BCUT2D eigenvalue weighted by atomic mass is 35.5. The standard InChI is InChI=1S/C22H29ClN4O4S/c1-5-27(6-2)32(30,31)19-12-7-9-16(13-19)21(28)24-20(15(3)4)22(29)26-25-18-11-8-10-17(23)14-18/h7-15,20,25H,5-6H2,1-4H3,(H,24,28)(H,26,29). The summed E-state index contributed by atoms with van der Waals surface area (Å²) in [7, 11) is -3.71. The van der Waals surface area contributed by atoms with Crippen LogP contribution in [0.2, 0.25) is 5.02 Å². The fourth-order valence-electron chi connectivity index (χ4n) is 3.05. The van der Waals surface area contributed by atoms with Gasteiger partial charge in [-0.2, -0.15) is 4.31 Å². The minimum absolute atomic E-state index is 0.0296. The average Bonchev–Trinajstić information content (AvgIpc) is 2.76. The van der Waals surface area contributed by atoms with Crippen molar-refractivity contribution in [1.29, 1.82) is 0 Å². The van der Waals surface area contributed by atoms with E-state index >= 15 is 0 Å². The molecule has 3 N–H and O–H groups in total. The molecule has 0 aliphatic carbocycles. The van der Waals surface area contributed by atoms with Crippen LogP contribution >= 0.6 is 11.6 Å². The van der Waals surface area contributed by atoms with E-state index in [0.717, 1.165) is 0 Å². The van der Waals surface area contributed by atoms with Crippen molar-refractivity contribution in [2.75, 3.05) is 18.5 Å². The first-order chi connectivity index (χ1) is 15.1. The number of hydrogen-bond donors (Lipinski definition) is 3. The molecular weight excluding hydrogens is 452 g/mol. The summed E-state index contributed by atoms with van der Waals surface area (Å²) in [6.45, 7) is 7.74. The van der Waals surface area contributed by atoms with Gasteiger partial charge in [0.1, 0.15) is 6.04 Å². The first kappa shape index (κ1) is 25.6. The zero-order chi connectivity index (χ0) is 23.9. The summed E-state index contributed by atoms with van der Waals surface area (Å²) >= 11 is 5.94. The summed E-state index contributed by atoms with van der Waals surface area (Å²) in [5, 5.41) is 3.20. The maximum absolute atomic E-state index is 12.8. The molecule has 0 saturated heterocycles. The number of nitrogens with zero attached hydrogens (tertiary/aromatic N) is 1. The van der Waals surface area contributed by atoms with E-state index in [9.17, 15) is 18.0 Å². The summed E-state index contributed by atoms with van der Waals surface area (Å²) in [5.74, 6) is -1.21. The van der Waals surface area contributed by atoms with Gasteiger partial charge in [0.05, 0.1) is 10.6 Å². The first-order valence-electron chi connectivity index (χ1n) is 10.3. The summed E-state index contributed by atoms with van der Waals surface area (Å²) in [4.78, 5) is 25.5. The Morgan fingerprint density at radius 3 is 2.28 bits per heavy atom. The quantitative estimate of drug-likeness (QED) is 0.452. The maximum Gasteiger partial charge on any atom is 0.261 e. The maximum atomic E-state index is 12.8. The molecule has 1 unspecified atom stereocenters. The molecule has 1 atom stereocenters. The van der Waals surface area contributed by atoms with Crippen molar-refractivity contribution in [3.63, 3.8) is 0 Å². The molecule has 32 heavy (non-hydrogen) atoms. The van der Waals surface area contributed by atoms with Gasteiger partial charge in [0.15, 0.2) is 0 Å². The van der Waals surface area contributed by atoms with Gasteiger partial charge in [-0.15, -0.1) is 0 Å². The Morgan fingerprint density at radius 2 is 1.69 bits per heavy atom. The van der Waals surface area contributed by atoms with E-state index in [2.05, 4.69) is 16.2 Å². The molecule has 0 aromatic heterocycles. The number of nitrogens with one attached hydrogen (secondary N) is 3. The predicted molar refractivity (Wildman–Crippen MR) is 126 cm³/mol. The normalized spacial score (nSPS) is 12.5. The zero-order valence-electron chi connectivity index (χ0n) is 18.6. The van der Waals surface area contributed by atoms with Crippen LogP contribution in [0, 0.1) is 5.92 Å². The molecule has 8 nitrogen and oxygen atoms in total. The molecule has 0 fully saturated rings. The van der Waals surface area contributed by atoms with Gasteiger partial charge < -0.3 is 5.32 Å². The number of hydrazine groups is 1. The van der Waals surface area contributed by atoms with Crippen molar-refractivity contribution < 1.29 is 18.0 Å². The number of halogens is 1. The molecular formula is C22H29ClN4O4S. The molecule has 2 amide bonds. The second-order valence-corrected chi connectivity index (χ2v) is 9.81. The fourth-order valence-corrected chi connectivity index (χ4v) is 4.74. The van der Waals surface area contributed by atoms with E-state index in [1.54, 1.807) is 52.0 Å². The van der Waals surface area contributed by atoms with Crippen molar-refractivity contribution in [1.82, 2.24) is 15.0 Å². The van der Waals surface area contributed by atoms with Gasteiger partial charge >= 0.3 is 0 Å². The Bertz CT molecular complexity index is 1060. The number of sulfonamides is 1. The molecule has 2 aromatic carbocycles. The number of hydrogen-bond acceptors (Lipinski definition) is 5. The van der Waals surface area contributed by atoms with Crippen LogP contribution in [0.5, 0.6) is 0 Å². The average molecular weight is 481 g/mol. The molecule has 0 radical (unpaired) electrons. The summed E-state index contributed by atoms with van der Waals surface area (Å²) < 4.78 is 26.8. The Hall–Kier alpha value is -2.62. The molecule has 0 spiro atoms. The van der Waals surface area contributed by atoms with Crippen LogP contribution in [0.15, 0.2) is 53.4 Å². The van der Waals surface area contributed by atoms with Crippen molar-refractivity contribution in [3.8, 4) is 0 Å². The van der Waals surface area contributed by atoms with Gasteiger partial charge in [-0.3, -0.25) is 20.4 Å². The van der Waals surface area contributed by atoms with Crippen LogP contribution in [0.1, 0.15) is 38.1 Å². The molecule has 0 aliphatic rings. The number of amides is 2. The van der Waals surface area contributed by atoms with E-state index in [0.29, 0.717) is 23.8 Å². The predicted octanol–water partition coefficient (Wildman–Crippen LogP) is 3.27. The molecule has 0 saturated carbocycles. The minimum atomic E-state index is -3.71. The lowest BCUT2D eigenvalue weighted by Crippen LogP contribution is -2.51. The van der Waals surface area contributed by atoms with Crippen LogP contribution in [0.25, 0.3) is 0 Å². The summed E-state index contributed by atoms with van der Waals surface area (Å²) in [5.41, 5.74) is 6.08. The summed E-state index contributed by atoms with van der Waals surface area (Å²) in [6.07, 6.45) is 0. The van der Waals surface area contributed by atoms with Gasteiger partial charge in [0, 0.05) is 23.7 Å². The molecule has 2 aromatic rings. The Labute approximate surface area is 194 Å². The molecule has 2 rings (SSSR count). The monoisotopic (exact) mass is 480 g/mol. The molecule has 0 heterocycles. The lowest BCUT2D eigenvalue weighted by molar-refractivity contribution is -0.123. The van der Waals surface area contributed by atoms with Crippen molar-refractivity contribution >= 4 is 39.1 Å². The Kier molecular flexibility index (Phi) is 9.06. The smallest absolute Gasteiger partial charge is 0.261 e. The third-order valence-electron chi connectivity index (χ3n) is 4.83. The molecule has 10 heteroatoms. The van der Waals surface area contributed by atoms with Crippen LogP contribution in [0.4, 0.5) is 5.69 Å². The number of carbonyl (C=O) groups is 2. The largest absolute Gasteiger partial charge is 0.340 e. The second-order valence-electron chi connectivity index (χ2n) is 7.44. The fraction of sp³-hybridized carbons (Fsp3) is 0.364. The minimum Gasteiger partial charge on any atom is -0.340 e. The highest BCUT2D eigenvalue weighted by Crippen LogP contribution is 2.18. The highest BCUT2D eigenvalue weighted by molar-refractivity contribution is 7.89. The van der Waals surface area contributed by atoms with Gasteiger partial charge in [-0.25, -0.2) is 8.42 Å². The number of rotatable bonds is 10. The summed E-state index contributed by atoms with van der Waals surface area (Å²) in [6, 6.07) is 11.8. The topological polar surface area (TPSA) is 108 Å². The lowest BCUT2D eigenvalue weighted by Gasteiger charge is -2.22. The first-order valence-corrected chi connectivity index (χ1v) is 12.1. The SMILES string of the molecule is CCN(CC)S(=O)(=O)c1cccc(C(=O)NC(C(=O)NNc2cccc(Cl)c2)C(C)C)c1. The van der Waals surface area contributed by atoms with E-state index in [1.165, 1.54) is 28.6 Å². The number of carbonyl (C=O) groups excluding carboxylic acids is 2. The van der Waals surface area contributed by atoms with Crippen molar-refractivity contribution in [2.24, 2.45) is 5.92 Å². The van der Waals surface area contributed by atoms with E-state index in [-0.39, 0.29) is 16.4 Å².